The van der Waals surface area contributed by atoms with Crippen LogP contribution in [0.1, 0.15) is 28.9 Å². The molecule has 2 aliphatic heterocycles. The number of rotatable bonds is 4. The van der Waals surface area contributed by atoms with Crippen molar-refractivity contribution in [3.05, 3.63) is 54.1 Å². The highest BCUT2D eigenvalue weighted by atomic mass is 16.2. The van der Waals surface area contributed by atoms with E-state index in [-0.39, 0.29) is 5.91 Å². The Bertz CT molecular complexity index is 737. The van der Waals surface area contributed by atoms with E-state index in [1.54, 1.807) is 6.20 Å². The van der Waals surface area contributed by atoms with E-state index in [9.17, 15) is 4.79 Å². The Morgan fingerprint density at radius 2 is 1.65 bits per heavy atom. The van der Waals surface area contributed by atoms with Gasteiger partial charge in [-0.2, -0.15) is 0 Å². The van der Waals surface area contributed by atoms with E-state index in [0.717, 1.165) is 51.5 Å². The predicted molar refractivity (Wildman–Crippen MR) is 101 cm³/mol. The van der Waals surface area contributed by atoms with Crippen LogP contribution in [0.5, 0.6) is 0 Å². The van der Waals surface area contributed by atoms with Gasteiger partial charge in [-0.3, -0.25) is 19.7 Å². The molecule has 136 valence electrons. The van der Waals surface area contributed by atoms with Gasteiger partial charge in [-0.05, 0) is 42.7 Å². The lowest BCUT2D eigenvalue weighted by Crippen LogP contribution is -2.48. The van der Waals surface area contributed by atoms with Gasteiger partial charge < -0.3 is 9.80 Å². The Morgan fingerprint density at radius 3 is 2.38 bits per heavy atom. The van der Waals surface area contributed by atoms with Gasteiger partial charge in [0.05, 0.1) is 0 Å². The zero-order chi connectivity index (χ0) is 17.8. The molecule has 4 heterocycles. The number of aromatic nitrogens is 2. The van der Waals surface area contributed by atoms with Crippen LogP contribution in [0.2, 0.25) is 0 Å². The third kappa shape index (κ3) is 3.85. The number of hydrogen-bond donors (Lipinski definition) is 0. The van der Waals surface area contributed by atoms with Crippen LogP contribution in [0.25, 0.3) is 0 Å². The highest BCUT2D eigenvalue weighted by Crippen LogP contribution is 2.21. The molecule has 4 rings (SSSR count). The fourth-order valence-corrected chi connectivity index (χ4v) is 3.73. The van der Waals surface area contributed by atoms with Crippen LogP contribution in [0, 0.1) is 0 Å². The SMILES string of the molecule is O=C(c1cc(N2CCCC2)ccn1)N1CCN(Cc2ccncc2)CC1. The fourth-order valence-electron chi connectivity index (χ4n) is 3.73. The Labute approximate surface area is 154 Å². The van der Waals surface area contributed by atoms with Gasteiger partial charge in [-0.1, -0.05) is 0 Å². The topological polar surface area (TPSA) is 52.6 Å². The molecule has 2 aliphatic rings. The summed E-state index contributed by atoms with van der Waals surface area (Å²) in [5.41, 5.74) is 2.95. The lowest BCUT2D eigenvalue weighted by atomic mass is 10.2. The van der Waals surface area contributed by atoms with Gasteiger partial charge in [-0.15, -0.1) is 0 Å². The van der Waals surface area contributed by atoms with Gasteiger partial charge in [0.15, 0.2) is 0 Å². The van der Waals surface area contributed by atoms with E-state index in [1.165, 1.54) is 18.4 Å². The maximum absolute atomic E-state index is 12.8. The van der Waals surface area contributed by atoms with Gasteiger partial charge in [0.2, 0.25) is 0 Å². The quantitative estimate of drug-likeness (QED) is 0.844. The van der Waals surface area contributed by atoms with Gasteiger partial charge in [0, 0.05) is 70.1 Å². The zero-order valence-electron chi connectivity index (χ0n) is 15.0. The smallest absolute Gasteiger partial charge is 0.272 e. The number of hydrogen-bond acceptors (Lipinski definition) is 5. The molecule has 2 aromatic rings. The van der Waals surface area contributed by atoms with E-state index in [0.29, 0.717) is 5.69 Å². The van der Waals surface area contributed by atoms with Crippen molar-refractivity contribution in [2.45, 2.75) is 19.4 Å². The Hall–Kier alpha value is -2.47. The molecule has 6 nitrogen and oxygen atoms in total. The molecule has 0 atom stereocenters. The normalized spacial score (nSPS) is 18.3. The first kappa shape index (κ1) is 17.0. The van der Waals surface area contributed by atoms with Gasteiger partial charge in [0.25, 0.3) is 5.91 Å². The van der Waals surface area contributed by atoms with Crippen LogP contribution in [0.3, 0.4) is 0 Å². The third-order valence-electron chi connectivity index (χ3n) is 5.25. The average molecular weight is 351 g/mol. The fraction of sp³-hybridized carbons (Fsp3) is 0.450. The summed E-state index contributed by atoms with van der Waals surface area (Å²) >= 11 is 0. The Balaban J connectivity index is 1.35. The number of carbonyl (C=O) groups is 1. The molecule has 0 spiro atoms. The molecule has 6 heteroatoms. The monoisotopic (exact) mass is 351 g/mol. The second-order valence-electron chi connectivity index (χ2n) is 7.02. The largest absolute Gasteiger partial charge is 0.371 e. The van der Waals surface area contributed by atoms with Crippen LogP contribution in [-0.4, -0.2) is 64.9 Å². The number of nitrogens with zero attached hydrogens (tertiary/aromatic N) is 5. The predicted octanol–water partition coefficient (Wildman–Crippen LogP) is 2.03. The zero-order valence-corrected chi connectivity index (χ0v) is 15.0. The van der Waals surface area contributed by atoms with Crippen molar-refractivity contribution in [1.82, 2.24) is 19.8 Å². The molecule has 0 unspecified atom stereocenters. The number of amides is 1. The minimum Gasteiger partial charge on any atom is -0.371 e. The second kappa shape index (κ2) is 7.83. The molecule has 0 bridgehead atoms. The van der Waals surface area contributed by atoms with Crippen LogP contribution in [0.15, 0.2) is 42.9 Å². The van der Waals surface area contributed by atoms with Crippen LogP contribution < -0.4 is 4.90 Å². The summed E-state index contributed by atoms with van der Waals surface area (Å²) in [6.07, 6.45) is 7.87. The van der Waals surface area contributed by atoms with Crippen LogP contribution >= 0.6 is 0 Å². The molecule has 1 amide bonds. The van der Waals surface area contributed by atoms with Gasteiger partial charge in [-0.25, -0.2) is 0 Å². The average Bonchev–Trinajstić information content (AvgIpc) is 3.24. The molecule has 0 saturated carbocycles. The first-order valence-electron chi connectivity index (χ1n) is 9.41. The van der Waals surface area contributed by atoms with Crippen LogP contribution in [-0.2, 0) is 6.54 Å². The lowest BCUT2D eigenvalue weighted by molar-refractivity contribution is 0.0623. The maximum atomic E-state index is 12.8. The highest BCUT2D eigenvalue weighted by Gasteiger charge is 2.24. The molecule has 2 fully saturated rings. The van der Waals surface area contributed by atoms with E-state index >= 15 is 0 Å². The molecular formula is C20H25N5O. The van der Waals surface area contributed by atoms with Crippen molar-refractivity contribution in [3.63, 3.8) is 0 Å². The summed E-state index contributed by atoms with van der Waals surface area (Å²) < 4.78 is 0. The molecule has 0 aromatic carbocycles. The number of anilines is 1. The summed E-state index contributed by atoms with van der Waals surface area (Å²) in [6.45, 7) is 6.34. The van der Waals surface area contributed by atoms with Crippen molar-refractivity contribution in [2.75, 3.05) is 44.2 Å². The second-order valence-corrected chi connectivity index (χ2v) is 7.02. The molecule has 0 N–H and O–H groups in total. The third-order valence-corrected chi connectivity index (χ3v) is 5.25. The molecule has 0 aliphatic carbocycles. The summed E-state index contributed by atoms with van der Waals surface area (Å²) in [5.74, 6) is 0.0506. The molecule has 0 radical (unpaired) electrons. The minimum atomic E-state index is 0.0506. The van der Waals surface area contributed by atoms with E-state index < -0.39 is 0 Å². The van der Waals surface area contributed by atoms with E-state index in [4.69, 9.17) is 0 Å². The molecule has 2 saturated heterocycles. The van der Waals surface area contributed by atoms with E-state index in [1.807, 2.05) is 41.6 Å². The number of piperazine rings is 1. The van der Waals surface area contributed by atoms with Gasteiger partial charge >= 0.3 is 0 Å². The van der Waals surface area contributed by atoms with Crippen molar-refractivity contribution < 1.29 is 4.79 Å². The number of carbonyl (C=O) groups excluding carboxylic acids is 1. The standard InChI is InChI=1S/C20H25N5O/c26-20(19-15-18(5-8-22-19)24-9-1-2-10-24)25-13-11-23(12-14-25)16-17-3-6-21-7-4-17/h3-8,15H,1-2,9-14,16H2. The Morgan fingerprint density at radius 1 is 0.923 bits per heavy atom. The first-order chi connectivity index (χ1) is 12.8. The van der Waals surface area contributed by atoms with E-state index in [2.05, 4.69) is 19.8 Å². The van der Waals surface area contributed by atoms with Crippen molar-refractivity contribution in [1.29, 1.82) is 0 Å². The molecule has 26 heavy (non-hydrogen) atoms. The van der Waals surface area contributed by atoms with Crippen molar-refractivity contribution in [3.8, 4) is 0 Å². The molecular weight excluding hydrogens is 326 g/mol. The van der Waals surface area contributed by atoms with Crippen LogP contribution in [0.4, 0.5) is 5.69 Å². The minimum absolute atomic E-state index is 0.0506. The summed E-state index contributed by atoms with van der Waals surface area (Å²) in [7, 11) is 0. The first-order valence-corrected chi connectivity index (χ1v) is 9.41. The molecule has 2 aromatic heterocycles. The highest BCUT2D eigenvalue weighted by molar-refractivity contribution is 5.93. The summed E-state index contributed by atoms with van der Waals surface area (Å²) in [4.78, 5) is 27.9. The number of pyridine rings is 2. The van der Waals surface area contributed by atoms with Crippen molar-refractivity contribution >= 4 is 11.6 Å². The van der Waals surface area contributed by atoms with Gasteiger partial charge in [0.1, 0.15) is 5.69 Å². The Kier molecular flexibility index (Phi) is 5.11. The summed E-state index contributed by atoms with van der Waals surface area (Å²) in [5, 5.41) is 0. The lowest BCUT2D eigenvalue weighted by Gasteiger charge is -2.34. The summed E-state index contributed by atoms with van der Waals surface area (Å²) in [6, 6.07) is 8.06. The maximum Gasteiger partial charge on any atom is 0.272 e. The van der Waals surface area contributed by atoms with Crippen molar-refractivity contribution in [2.24, 2.45) is 0 Å².